The lowest BCUT2D eigenvalue weighted by atomic mass is 10.1. The number of rotatable bonds is 7. The molecule has 1 aromatic rings. The maximum Gasteiger partial charge on any atom is 0.317 e. The van der Waals surface area contributed by atoms with E-state index in [0.717, 1.165) is 51.6 Å². The Balaban J connectivity index is 1.55. The number of urea groups is 1. The number of carbonyl (C=O) groups excluding carboxylic acids is 1. The predicted octanol–water partition coefficient (Wildman–Crippen LogP) is 2.48. The second-order valence-corrected chi connectivity index (χ2v) is 6.73. The lowest BCUT2D eigenvalue weighted by Gasteiger charge is -2.28. The molecule has 0 bridgehead atoms. The summed E-state index contributed by atoms with van der Waals surface area (Å²) in [5.74, 6) is 1.40. The zero-order valence-electron chi connectivity index (χ0n) is 14.6. The summed E-state index contributed by atoms with van der Waals surface area (Å²) in [4.78, 5) is 16.9. The molecule has 0 unspecified atom stereocenters. The van der Waals surface area contributed by atoms with E-state index in [0.29, 0.717) is 12.5 Å². The molecule has 134 valence electrons. The molecule has 2 aliphatic rings. The maximum absolute atomic E-state index is 12.6. The summed E-state index contributed by atoms with van der Waals surface area (Å²) in [5.41, 5.74) is 0. The Kier molecular flexibility index (Phi) is 6.15. The molecule has 1 aromatic heterocycles. The van der Waals surface area contributed by atoms with Gasteiger partial charge in [-0.2, -0.15) is 0 Å². The van der Waals surface area contributed by atoms with E-state index in [1.807, 2.05) is 24.0 Å². The number of nitrogens with zero attached hydrogens (tertiary/aromatic N) is 2. The van der Waals surface area contributed by atoms with Crippen LogP contribution in [0, 0.1) is 5.92 Å². The third-order valence-corrected chi connectivity index (χ3v) is 5.07. The van der Waals surface area contributed by atoms with Gasteiger partial charge >= 0.3 is 6.03 Å². The molecule has 0 saturated carbocycles. The monoisotopic (exact) mass is 335 g/mol. The second-order valence-electron chi connectivity index (χ2n) is 6.73. The van der Waals surface area contributed by atoms with Gasteiger partial charge in [0.15, 0.2) is 0 Å². The lowest BCUT2D eigenvalue weighted by molar-refractivity contribution is 0.161. The highest BCUT2D eigenvalue weighted by atomic mass is 16.5. The third kappa shape index (κ3) is 4.30. The number of ether oxygens (including phenoxy) is 1. The first-order valence-electron chi connectivity index (χ1n) is 9.16. The number of furan rings is 1. The topological polar surface area (TPSA) is 58.0 Å². The van der Waals surface area contributed by atoms with Crippen LogP contribution >= 0.6 is 0 Å². The molecule has 0 aliphatic carbocycles. The number of likely N-dealkylation sites (tertiary alicyclic amines) is 1. The molecule has 0 aromatic carbocycles. The number of hydrogen-bond acceptors (Lipinski definition) is 4. The van der Waals surface area contributed by atoms with Crippen LogP contribution in [0.1, 0.15) is 38.0 Å². The summed E-state index contributed by atoms with van der Waals surface area (Å²) >= 11 is 0. The van der Waals surface area contributed by atoms with Crippen molar-refractivity contribution in [3.8, 4) is 0 Å². The first-order valence-corrected chi connectivity index (χ1v) is 9.16. The van der Waals surface area contributed by atoms with E-state index in [1.165, 1.54) is 12.8 Å². The molecule has 2 amide bonds. The Morgan fingerprint density at radius 3 is 2.92 bits per heavy atom. The number of carbonyl (C=O) groups is 1. The van der Waals surface area contributed by atoms with Crippen molar-refractivity contribution in [3.05, 3.63) is 24.2 Å². The van der Waals surface area contributed by atoms with Gasteiger partial charge in [-0.3, -0.25) is 4.90 Å². The van der Waals surface area contributed by atoms with E-state index >= 15 is 0 Å². The zero-order chi connectivity index (χ0) is 16.8. The van der Waals surface area contributed by atoms with Gasteiger partial charge in [0.25, 0.3) is 0 Å². The van der Waals surface area contributed by atoms with Gasteiger partial charge in [-0.05, 0) is 51.4 Å². The van der Waals surface area contributed by atoms with Crippen molar-refractivity contribution < 1.29 is 13.9 Å². The molecular weight excluding hydrogens is 306 g/mol. The van der Waals surface area contributed by atoms with Gasteiger partial charge in [0.2, 0.25) is 0 Å². The minimum Gasteiger partial charge on any atom is -0.468 e. The fourth-order valence-corrected chi connectivity index (χ4v) is 3.63. The first-order chi connectivity index (χ1) is 11.8. The number of hydrogen-bond donors (Lipinski definition) is 1. The van der Waals surface area contributed by atoms with E-state index in [1.54, 1.807) is 6.26 Å². The van der Waals surface area contributed by atoms with Gasteiger partial charge < -0.3 is 19.4 Å². The average Bonchev–Trinajstić information content (AvgIpc) is 3.34. The van der Waals surface area contributed by atoms with E-state index < -0.39 is 0 Å². The van der Waals surface area contributed by atoms with Gasteiger partial charge in [0.05, 0.1) is 18.9 Å². The van der Waals surface area contributed by atoms with Crippen molar-refractivity contribution in [2.24, 2.45) is 5.92 Å². The van der Waals surface area contributed by atoms with Crippen LogP contribution in [0.3, 0.4) is 0 Å². The Morgan fingerprint density at radius 1 is 1.46 bits per heavy atom. The van der Waals surface area contributed by atoms with Gasteiger partial charge in [0.1, 0.15) is 5.76 Å². The van der Waals surface area contributed by atoms with Crippen molar-refractivity contribution in [3.63, 3.8) is 0 Å². The van der Waals surface area contributed by atoms with Crippen LogP contribution in [0.5, 0.6) is 0 Å². The average molecular weight is 335 g/mol. The number of amides is 2. The molecule has 3 heterocycles. The Labute approximate surface area is 144 Å². The SMILES string of the molecule is CCN(C[C@H]1CCOC1)C(=O)NC[C@H](c1ccco1)N1CCCC1. The molecule has 2 aliphatic heterocycles. The minimum absolute atomic E-state index is 0.0140. The summed E-state index contributed by atoms with van der Waals surface area (Å²) in [6.45, 7) is 7.83. The molecule has 6 heteroatoms. The summed E-state index contributed by atoms with van der Waals surface area (Å²) in [5, 5.41) is 3.12. The summed E-state index contributed by atoms with van der Waals surface area (Å²) in [6, 6.07) is 4.06. The molecule has 3 rings (SSSR count). The Morgan fingerprint density at radius 2 is 2.29 bits per heavy atom. The Hall–Kier alpha value is -1.53. The highest BCUT2D eigenvalue weighted by Crippen LogP contribution is 2.25. The second kappa shape index (κ2) is 8.53. The maximum atomic E-state index is 12.6. The quantitative estimate of drug-likeness (QED) is 0.832. The fourth-order valence-electron chi connectivity index (χ4n) is 3.63. The van der Waals surface area contributed by atoms with Crippen LogP contribution in [0.4, 0.5) is 4.79 Å². The van der Waals surface area contributed by atoms with Gasteiger partial charge in [-0.25, -0.2) is 4.79 Å². The van der Waals surface area contributed by atoms with E-state index in [2.05, 4.69) is 10.2 Å². The van der Waals surface area contributed by atoms with Crippen molar-refractivity contribution in [1.82, 2.24) is 15.1 Å². The van der Waals surface area contributed by atoms with Crippen molar-refractivity contribution in [1.29, 1.82) is 0 Å². The van der Waals surface area contributed by atoms with E-state index in [4.69, 9.17) is 9.15 Å². The highest BCUT2D eigenvalue weighted by Gasteiger charge is 2.27. The highest BCUT2D eigenvalue weighted by molar-refractivity contribution is 5.74. The lowest BCUT2D eigenvalue weighted by Crippen LogP contribution is -2.45. The number of nitrogens with one attached hydrogen (secondary N) is 1. The molecule has 0 spiro atoms. The van der Waals surface area contributed by atoms with E-state index in [-0.39, 0.29) is 12.1 Å². The van der Waals surface area contributed by atoms with Crippen molar-refractivity contribution in [2.45, 2.75) is 32.2 Å². The van der Waals surface area contributed by atoms with Crippen LogP contribution in [-0.4, -0.2) is 61.8 Å². The Bertz CT molecular complexity index is 494. The largest absolute Gasteiger partial charge is 0.468 e. The smallest absolute Gasteiger partial charge is 0.317 e. The van der Waals surface area contributed by atoms with Gasteiger partial charge in [-0.15, -0.1) is 0 Å². The fraction of sp³-hybridized carbons (Fsp3) is 0.722. The molecule has 2 saturated heterocycles. The van der Waals surface area contributed by atoms with Crippen LogP contribution < -0.4 is 5.32 Å². The van der Waals surface area contributed by atoms with Crippen molar-refractivity contribution >= 4 is 6.03 Å². The van der Waals surface area contributed by atoms with Gasteiger partial charge in [-0.1, -0.05) is 0 Å². The van der Waals surface area contributed by atoms with Crippen LogP contribution in [0.25, 0.3) is 0 Å². The molecule has 2 fully saturated rings. The van der Waals surface area contributed by atoms with Crippen LogP contribution in [-0.2, 0) is 4.74 Å². The molecular formula is C18H29N3O3. The summed E-state index contributed by atoms with van der Waals surface area (Å²) in [7, 11) is 0. The third-order valence-electron chi connectivity index (χ3n) is 5.07. The minimum atomic E-state index is 0.0140. The van der Waals surface area contributed by atoms with Crippen LogP contribution in [0.2, 0.25) is 0 Å². The van der Waals surface area contributed by atoms with Gasteiger partial charge in [0, 0.05) is 32.2 Å². The molecule has 6 nitrogen and oxygen atoms in total. The predicted molar refractivity (Wildman–Crippen MR) is 91.8 cm³/mol. The summed E-state index contributed by atoms with van der Waals surface area (Å²) < 4.78 is 11.0. The van der Waals surface area contributed by atoms with E-state index in [9.17, 15) is 4.79 Å². The van der Waals surface area contributed by atoms with Crippen LogP contribution in [0.15, 0.2) is 22.8 Å². The molecule has 0 radical (unpaired) electrons. The standard InChI is InChI=1S/C18H29N3O3/c1-2-20(13-15-7-11-23-14-15)18(22)19-12-16(17-6-5-10-24-17)21-8-3-4-9-21/h5-6,10,15-16H,2-4,7-9,11-14H2,1H3,(H,19,22)/t15-,16-/m1/s1. The molecule has 1 N–H and O–H groups in total. The summed E-state index contributed by atoms with van der Waals surface area (Å²) in [6.07, 6.45) is 5.19. The zero-order valence-corrected chi connectivity index (χ0v) is 14.6. The first kappa shape index (κ1) is 17.3. The normalized spacial score (nSPS) is 22.6. The molecule has 2 atom stereocenters. The van der Waals surface area contributed by atoms with Crippen molar-refractivity contribution in [2.75, 3.05) is 45.9 Å². The molecule has 24 heavy (non-hydrogen) atoms.